The standard InChI is InChI=1S/C24H32N8/c1-15(2)32-16(3)27-23-21(32)12-17(13-25-23)20-10-11-31-22(20)14-26-24(29-31)28-18-6-8-19(9-7-18)30(4)5/h10-15,18-19H,6-9H2,1-5H3,(H,28,29)/t18-,19+. The van der Waals surface area contributed by atoms with Crippen LogP contribution in [-0.4, -0.2) is 60.2 Å². The first kappa shape index (κ1) is 20.9. The van der Waals surface area contributed by atoms with Crippen molar-refractivity contribution in [1.82, 2.24) is 34.0 Å². The van der Waals surface area contributed by atoms with Gasteiger partial charge in [-0.2, -0.15) is 0 Å². The molecule has 0 radical (unpaired) electrons. The average molecular weight is 433 g/mol. The van der Waals surface area contributed by atoms with Gasteiger partial charge in [-0.05, 0) is 72.7 Å². The van der Waals surface area contributed by atoms with E-state index in [1.165, 1.54) is 12.8 Å². The minimum Gasteiger partial charge on any atom is -0.350 e. The van der Waals surface area contributed by atoms with E-state index in [2.05, 4.69) is 69.8 Å². The zero-order valence-corrected chi connectivity index (χ0v) is 19.6. The molecule has 4 heterocycles. The van der Waals surface area contributed by atoms with Crippen molar-refractivity contribution in [3.63, 3.8) is 0 Å². The Bertz CT molecular complexity index is 1240. The van der Waals surface area contributed by atoms with Gasteiger partial charge in [0, 0.05) is 41.6 Å². The fourth-order valence-corrected chi connectivity index (χ4v) is 5.02. The highest BCUT2D eigenvalue weighted by Gasteiger charge is 2.23. The molecule has 1 aliphatic rings. The Balaban J connectivity index is 1.40. The van der Waals surface area contributed by atoms with Gasteiger partial charge in [-0.1, -0.05) is 0 Å². The molecule has 1 N–H and O–H groups in total. The highest BCUT2D eigenvalue weighted by Crippen LogP contribution is 2.29. The van der Waals surface area contributed by atoms with E-state index >= 15 is 0 Å². The Morgan fingerprint density at radius 1 is 1.06 bits per heavy atom. The fourth-order valence-electron chi connectivity index (χ4n) is 5.02. The van der Waals surface area contributed by atoms with Crippen molar-refractivity contribution in [2.45, 2.75) is 64.6 Å². The highest BCUT2D eigenvalue weighted by molar-refractivity contribution is 5.85. The van der Waals surface area contributed by atoms with Gasteiger partial charge in [0.2, 0.25) is 5.95 Å². The predicted octanol–water partition coefficient (Wildman–Crippen LogP) is 4.32. The minimum atomic E-state index is 0.326. The van der Waals surface area contributed by atoms with Crippen LogP contribution in [0.15, 0.2) is 30.7 Å². The van der Waals surface area contributed by atoms with Crippen molar-refractivity contribution in [2.75, 3.05) is 19.4 Å². The number of imidazole rings is 1. The van der Waals surface area contributed by atoms with Crippen LogP contribution >= 0.6 is 0 Å². The summed E-state index contributed by atoms with van der Waals surface area (Å²) in [6.45, 7) is 6.37. The first-order valence-corrected chi connectivity index (χ1v) is 11.5. The molecule has 8 nitrogen and oxygen atoms in total. The van der Waals surface area contributed by atoms with Gasteiger partial charge in [0.25, 0.3) is 0 Å². The molecule has 0 atom stereocenters. The monoisotopic (exact) mass is 432 g/mol. The molecular weight excluding hydrogens is 400 g/mol. The second kappa shape index (κ2) is 8.16. The molecule has 168 valence electrons. The largest absolute Gasteiger partial charge is 0.350 e. The van der Waals surface area contributed by atoms with Gasteiger partial charge in [-0.25, -0.2) is 19.5 Å². The second-order valence-corrected chi connectivity index (χ2v) is 9.44. The van der Waals surface area contributed by atoms with E-state index in [9.17, 15) is 0 Å². The maximum atomic E-state index is 4.73. The number of aryl methyl sites for hydroxylation is 1. The van der Waals surface area contributed by atoms with Crippen molar-refractivity contribution >= 4 is 22.6 Å². The first-order chi connectivity index (χ1) is 15.4. The quantitative estimate of drug-likeness (QED) is 0.506. The van der Waals surface area contributed by atoms with Gasteiger partial charge < -0.3 is 14.8 Å². The van der Waals surface area contributed by atoms with Crippen LogP contribution in [0.2, 0.25) is 0 Å². The Labute approximate surface area is 188 Å². The molecule has 8 heteroatoms. The molecule has 0 saturated heterocycles. The van der Waals surface area contributed by atoms with Crippen molar-refractivity contribution in [3.8, 4) is 11.1 Å². The van der Waals surface area contributed by atoms with E-state index in [-0.39, 0.29) is 0 Å². The predicted molar refractivity (Wildman–Crippen MR) is 128 cm³/mol. The summed E-state index contributed by atoms with van der Waals surface area (Å²) < 4.78 is 4.14. The summed E-state index contributed by atoms with van der Waals surface area (Å²) in [7, 11) is 4.34. The molecule has 0 spiro atoms. The Morgan fingerprint density at radius 3 is 2.56 bits per heavy atom. The molecule has 1 fully saturated rings. The third-order valence-corrected chi connectivity index (χ3v) is 6.73. The molecule has 1 saturated carbocycles. The summed E-state index contributed by atoms with van der Waals surface area (Å²) in [5, 5.41) is 8.27. The van der Waals surface area contributed by atoms with Gasteiger partial charge in [-0.15, -0.1) is 5.10 Å². The summed E-state index contributed by atoms with van der Waals surface area (Å²) >= 11 is 0. The minimum absolute atomic E-state index is 0.326. The Morgan fingerprint density at radius 2 is 1.84 bits per heavy atom. The van der Waals surface area contributed by atoms with Gasteiger partial charge in [0.1, 0.15) is 5.82 Å². The van der Waals surface area contributed by atoms with E-state index in [0.717, 1.165) is 46.5 Å². The van der Waals surface area contributed by atoms with Crippen molar-refractivity contribution < 1.29 is 0 Å². The first-order valence-electron chi connectivity index (χ1n) is 11.5. The van der Waals surface area contributed by atoms with Gasteiger partial charge >= 0.3 is 0 Å². The molecule has 4 aromatic heterocycles. The van der Waals surface area contributed by atoms with Crippen LogP contribution in [0.25, 0.3) is 27.8 Å². The van der Waals surface area contributed by atoms with Crippen LogP contribution in [0.1, 0.15) is 51.4 Å². The fraction of sp³-hybridized carbons (Fsp3) is 0.500. The molecule has 0 bridgehead atoms. The normalized spacial score (nSPS) is 19.5. The maximum absolute atomic E-state index is 4.73. The van der Waals surface area contributed by atoms with E-state index in [4.69, 9.17) is 5.10 Å². The maximum Gasteiger partial charge on any atom is 0.241 e. The lowest BCUT2D eigenvalue weighted by Crippen LogP contribution is -2.36. The molecule has 1 aliphatic carbocycles. The highest BCUT2D eigenvalue weighted by atomic mass is 15.3. The van der Waals surface area contributed by atoms with Crippen LogP contribution < -0.4 is 5.32 Å². The number of pyridine rings is 1. The smallest absolute Gasteiger partial charge is 0.241 e. The van der Waals surface area contributed by atoms with Crippen LogP contribution in [0.4, 0.5) is 5.95 Å². The zero-order valence-electron chi connectivity index (χ0n) is 19.6. The third kappa shape index (κ3) is 3.72. The lowest BCUT2D eigenvalue weighted by atomic mass is 9.91. The number of hydrogen-bond acceptors (Lipinski definition) is 6. The second-order valence-electron chi connectivity index (χ2n) is 9.44. The van der Waals surface area contributed by atoms with Gasteiger partial charge in [0.15, 0.2) is 5.65 Å². The molecule has 4 aromatic rings. The zero-order chi connectivity index (χ0) is 22.4. The topological polar surface area (TPSA) is 76.2 Å². The van der Waals surface area contributed by atoms with Crippen molar-refractivity contribution in [1.29, 1.82) is 0 Å². The Kier molecular flexibility index (Phi) is 5.33. The number of nitrogens with one attached hydrogen (secondary N) is 1. The average Bonchev–Trinajstić information content (AvgIpc) is 3.33. The lowest BCUT2D eigenvalue weighted by Gasteiger charge is -2.32. The Hall–Kier alpha value is -3.00. The molecule has 5 rings (SSSR count). The molecule has 0 unspecified atom stereocenters. The van der Waals surface area contributed by atoms with E-state index in [0.29, 0.717) is 24.1 Å². The molecule has 32 heavy (non-hydrogen) atoms. The number of rotatable bonds is 5. The summed E-state index contributed by atoms with van der Waals surface area (Å²) in [5.41, 5.74) is 4.94. The molecule has 0 aliphatic heterocycles. The van der Waals surface area contributed by atoms with E-state index < -0.39 is 0 Å². The van der Waals surface area contributed by atoms with Crippen LogP contribution in [0.3, 0.4) is 0 Å². The van der Waals surface area contributed by atoms with E-state index in [1.54, 1.807) is 0 Å². The van der Waals surface area contributed by atoms with Crippen molar-refractivity contribution in [3.05, 3.63) is 36.5 Å². The van der Waals surface area contributed by atoms with E-state index in [1.807, 2.05) is 30.0 Å². The number of hydrogen-bond donors (Lipinski definition) is 1. The van der Waals surface area contributed by atoms with Gasteiger partial charge in [0.05, 0.1) is 17.2 Å². The van der Waals surface area contributed by atoms with Crippen molar-refractivity contribution in [2.24, 2.45) is 0 Å². The lowest BCUT2D eigenvalue weighted by molar-refractivity contribution is 0.221. The number of nitrogens with zero attached hydrogens (tertiary/aromatic N) is 7. The summed E-state index contributed by atoms with van der Waals surface area (Å²) in [6, 6.07) is 5.71. The van der Waals surface area contributed by atoms with Gasteiger partial charge in [-0.3, -0.25) is 0 Å². The summed E-state index contributed by atoms with van der Waals surface area (Å²) in [5.74, 6) is 1.68. The molecule has 0 aromatic carbocycles. The molecular formula is C24H32N8. The van der Waals surface area contributed by atoms with Crippen LogP contribution in [0.5, 0.6) is 0 Å². The number of fused-ring (bicyclic) bond motifs is 2. The van der Waals surface area contributed by atoms with Crippen LogP contribution in [-0.2, 0) is 0 Å². The SMILES string of the molecule is Cc1nc2ncc(-c3ccn4nc(N[C@H]5CC[C@@H](N(C)C)CC5)ncc34)cc2n1C(C)C. The summed E-state index contributed by atoms with van der Waals surface area (Å²) in [6.07, 6.45) is 10.5. The number of aromatic nitrogens is 6. The number of anilines is 1. The third-order valence-electron chi connectivity index (χ3n) is 6.73. The van der Waals surface area contributed by atoms with Crippen LogP contribution in [0, 0.1) is 6.92 Å². The summed E-state index contributed by atoms with van der Waals surface area (Å²) in [4.78, 5) is 16.2. The molecule has 0 amide bonds.